The highest BCUT2D eigenvalue weighted by Crippen LogP contribution is 2.46. The van der Waals surface area contributed by atoms with Gasteiger partial charge in [0.25, 0.3) is 0 Å². The van der Waals surface area contributed by atoms with Crippen molar-refractivity contribution in [2.75, 3.05) is 0 Å². The van der Waals surface area contributed by atoms with Crippen LogP contribution < -0.4 is 16.6 Å². The van der Waals surface area contributed by atoms with Crippen molar-refractivity contribution in [1.29, 1.82) is 5.26 Å². The second-order valence-electron chi connectivity index (χ2n) is 6.47. The van der Waals surface area contributed by atoms with E-state index in [1.807, 2.05) is 18.2 Å². The predicted molar refractivity (Wildman–Crippen MR) is 88.2 cm³/mol. The third-order valence-corrected chi connectivity index (χ3v) is 5.02. The van der Waals surface area contributed by atoms with E-state index in [1.165, 1.54) is 5.56 Å². The molecule has 1 aromatic carbocycles. The summed E-state index contributed by atoms with van der Waals surface area (Å²) in [4.78, 5) is 0. The summed E-state index contributed by atoms with van der Waals surface area (Å²) >= 11 is 0. The monoisotopic (exact) mass is 312 g/mol. The smallest absolute Gasteiger partial charge is 0.200 e. The van der Waals surface area contributed by atoms with Crippen LogP contribution in [0.1, 0.15) is 38.3 Å². The van der Waals surface area contributed by atoms with Crippen molar-refractivity contribution in [3.05, 3.63) is 47.4 Å². The van der Waals surface area contributed by atoms with E-state index >= 15 is 0 Å². The molecule has 4 N–H and O–H groups in total. The Bertz CT molecular complexity index is 622. The molecule has 0 aromatic heterocycles. The lowest BCUT2D eigenvalue weighted by Crippen LogP contribution is -2.43. The number of nitrogens with two attached hydrogens (primary N) is 1. The third kappa shape index (κ3) is 2.80. The summed E-state index contributed by atoms with van der Waals surface area (Å²) in [5.41, 5.74) is 14.4. The number of rotatable bonds is 4. The lowest BCUT2D eigenvalue weighted by Gasteiger charge is -2.38. The fourth-order valence-corrected chi connectivity index (χ4v) is 3.99. The van der Waals surface area contributed by atoms with Gasteiger partial charge < -0.3 is 10.5 Å². The van der Waals surface area contributed by atoms with Gasteiger partial charge in [0.15, 0.2) is 12.1 Å². The maximum absolute atomic E-state index is 9.62. The molecule has 1 aromatic rings. The topological polar surface area (TPSA) is 83.1 Å². The quantitative estimate of drug-likeness (QED) is 0.796. The molecule has 1 fully saturated rings. The Hall–Kier alpha value is -2.03. The van der Waals surface area contributed by atoms with Gasteiger partial charge in [0.1, 0.15) is 6.07 Å². The van der Waals surface area contributed by atoms with Crippen LogP contribution in [0.25, 0.3) is 0 Å². The molecule has 0 bridgehead atoms. The van der Waals surface area contributed by atoms with Crippen LogP contribution in [0, 0.1) is 29.1 Å². The number of nitrogens with zero attached hydrogens (tertiary/aromatic N) is 1. The normalized spacial score (nSPS) is 31.2. The molecule has 0 aliphatic carbocycles. The molecule has 5 unspecified atom stereocenters. The van der Waals surface area contributed by atoms with E-state index in [1.54, 1.807) is 0 Å². The van der Waals surface area contributed by atoms with Crippen LogP contribution >= 0.6 is 0 Å². The number of hydrazine groups is 1. The molecule has 0 amide bonds. The van der Waals surface area contributed by atoms with E-state index in [0.29, 0.717) is 11.5 Å². The van der Waals surface area contributed by atoms with Crippen molar-refractivity contribution in [3.63, 3.8) is 0 Å². The second kappa shape index (κ2) is 6.61. The zero-order valence-corrected chi connectivity index (χ0v) is 13.6. The molecular formula is C18H24N4O. The first-order valence-corrected chi connectivity index (χ1v) is 8.29. The van der Waals surface area contributed by atoms with Crippen molar-refractivity contribution in [2.45, 2.75) is 39.0 Å². The summed E-state index contributed by atoms with van der Waals surface area (Å²) in [5.74, 6) is 0.870. The van der Waals surface area contributed by atoms with Crippen LogP contribution in [0.5, 0.6) is 0 Å². The van der Waals surface area contributed by atoms with Gasteiger partial charge >= 0.3 is 0 Å². The standard InChI is InChI=1S/C18H24N4O/c1-3-7-11(2)14-13(10-19)17(20)23-18-15(14)16(21-22-18)12-8-5-4-6-9-12/h4-6,8-9,11,14-16,18,21-22H,3,7,20H2,1-2H3. The summed E-state index contributed by atoms with van der Waals surface area (Å²) in [5, 5.41) is 9.62. The van der Waals surface area contributed by atoms with Crippen molar-refractivity contribution in [3.8, 4) is 6.07 Å². The number of ether oxygens (including phenoxy) is 1. The van der Waals surface area contributed by atoms with E-state index < -0.39 is 0 Å². The first-order chi connectivity index (χ1) is 11.2. The van der Waals surface area contributed by atoms with Gasteiger partial charge in [0.2, 0.25) is 0 Å². The number of fused-ring (bicyclic) bond motifs is 1. The molecular weight excluding hydrogens is 288 g/mol. The van der Waals surface area contributed by atoms with E-state index in [-0.39, 0.29) is 30.0 Å². The number of nitriles is 1. The van der Waals surface area contributed by atoms with Crippen LogP contribution in [0.4, 0.5) is 0 Å². The minimum absolute atomic E-state index is 0.0893. The van der Waals surface area contributed by atoms with E-state index in [4.69, 9.17) is 10.5 Å². The molecule has 5 nitrogen and oxygen atoms in total. The first-order valence-electron chi connectivity index (χ1n) is 8.29. The van der Waals surface area contributed by atoms with Crippen molar-refractivity contribution < 1.29 is 4.74 Å². The summed E-state index contributed by atoms with van der Waals surface area (Å²) in [6.45, 7) is 4.38. The first kappa shape index (κ1) is 15.9. The van der Waals surface area contributed by atoms with Gasteiger partial charge in [-0.25, -0.2) is 10.9 Å². The fraction of sp³-hybridized carbons (Fsp3) is 0.500. The minimum Gasteiger partial charge on any atom is -0.458 e. The lowest BCUT2D eigenvalue weighted by molar-refractivity contribution is 0.00691. The van der Waals surface area contributed by atoms with E-state index in [0.717, 1.165) is 12.8 Å². The molecule has 0 radical (unpaired) electrons. The van der Waals surface area contributed by atoms with Crippen molar-refractivity contribution in [1.82, 2.24) is 10.9 Å². The van der Waals surface area contributed by atoms with Gasteiger partial charge in [-0.15, -0.1) is 0 Å². The Morgan fingerprint density at radius 1 is 1.30 bits per heavy atom. The number of benzene rings is 1. The fourth-order valence-electron chi connectivity index (χ4n) is 3.99. The van der Waals surface area contributed by atoms with E-state index in [9.17, 15) is 5.26 Å². The maximum atomic E-state index is 9.62. The Labute approximate surface area is 137 Å². The molecule has 5 atom stereocenters. The highest BCUT2D eigenvalue weighted by Gasteiger charge is 2.49. The summed E-state index contributed by atoms with van der Waals surface area (Å²) in [7, 11) is 0. The molecule has 2 heterocycles. The van der Waals surface area contributed by atoms with Gasteiger partial charge in [-0.1, -0.05) is 57.0 Å². The van der Waals surface area contributed by atoms with Crippen LogP contribution in [-0.2, 0) is 4.74 Å². The zero-order valence-electron chi connectivity index (χ0n) is 13.6. The van der Waals surface area contributed by atoms with Gasteiger partial charge in [-0.05, 0) is 11.5 Å². The van der Waals surface area contributed by atoms with Gasteiger partial charge in [-0.3, -0.25) is 0 Å². The predicted octanol–water partition coefficient (Wildman–Crippen LogP) is 2.55. The Balaban J connectivity index is 2.00. The number of hydrogen-bond acceptors (Lipinski definition) is 5. The SMILES string of the molecule is CCCC(C)C1C(C#N)=C(N)OC2NNC(c3ccccc3)C21. The van der Waals surface area contributed by atoms with Crippen LogP contribution in [0.15, 0.2) is 41.8 Å². The van der Waals surface area contributed by atoms with Gasteiger partial charge in [-0.2, -0.15) is 5.26 Å². The molecule has 5 heteroatoms. The minimum atomic E-state index is -0.207. The molecule has 2 aliphatic heterocycles. The number of hydrogen-bond donors (Lipinski definition) is 3. The van der Waals surface area contributed by atoms with Crippen LogP contribution in [0.2, 0.25) is 0 Å². The van der Waals surface area contributed by atoms with Gasteiger partial charge in [0.05, 0.1) is 11.6 Å². The Kier molecular flexibility index (Phi) is 4.56. The molecule has 122 valence electrons. The Morgan fingerprint density at radius 2 is 2.04 bits per heavy atom. The molecule has 3 rings (SSSR count). The second-order valence-corrected chi connectivity index (χ2v) is 6.47. The molecule has 0 spiro atoms. The van der Waals surface area contributed by atoms with Gasteiger partial charge in [0, 0.05) is 11.8 Å². The highest BCUT2D eigenvalue weighted by molar-refractivity contribution is 5.33. The highest BCUT2D eigenvalue weighted by atomic mass is 16.5. The summed E-state index contributed by atoms with van der Waals surface area (Å²) in [6, 6.07) is 12.7. The summed E-state index contributed by atoms with van der Waals surface area (Å²) < 4.78 is 5.79. The number of nitrogens with one attached hydrogen (secondary N) is 2. The van der Waals surface area contributed by atoms with Crippen molar-refractivity contribution >= 4 is 0 Å². The average Bonchev–Trinajstić information content (AvgIpc) is 2.97. The maximum Gasteiger partial charge on any atom is 0.200 e. The van der Waals surface area contributed by atoms with E-state index in [2.05, 4.69) is 42.9 Å². The van der Waals surface area contributed by atoms with Crippen LogP contribution in [0.3, 0.4) is 0 Å². The molecule has 1 saturated heterocycles. The lowest BCUT2D eigenvalue weighted by atomic mass is 9.70. The number of allylic oxidation sites excluding steroid dienone is 1. The third-order valence-electron chi connectivity index (χ3n) is 5.02. The van der Waals surface area contributed by atoms with Crippen LogP contribution in [-0.4, -0.2) is 6.23 Å². The Morgan fingerprint density at radius 3 is 2.70 bits per heavy atom. The summed E-state index contributed by atoms with van der Waals surface area (Å²) in [6.07, 6.45) is 1.95. The van der Waals surface area contributed by atoms with Crippen molar-refractivity contribution in [2.24, 2.45) is 23.5 Å². The molecule has 23 heavy (non-hydrogen) atoms. The molecule has 2 aliphatic rings. The molecule has 0 saturated carbocycles. The largest absolute Gasteiger partial charge is 0.458 e. The zero-order chi connectivity index (χ0) is 16.4. The average molecular weight is 312 g/mol.